The second-order valence-electron chi connectivity index (χ2n) is 11.7. The van der Waals surface area contributed by atoms with Gasteiger partial charge in [-0.1, -0.05) is 37.0 Å². The fourth-order valence-electron chi connectivity index (χ4n) is 5.96. The molecule has 0 aliphatic heterocycles. The van der Waals surface area contributed by atoms with Gasteiger partial charge in [-0.05, 0) is 63.7 Å². The highest BCUT2D eigenvalue weighted by molar-refractivity contribution is 6.39. The van der Waals surface area contributed by atoms with Gasteiger partial charge in [-0.25, -0.2) is 0 Å². The first-order chi connectivity index (χ1) is 17.3. The van der Waals surface area contributed by atoms with Crippen molar-refractivity contribution in [2.45, 2.75) is 72.3 Å². The fourth-order valence-corrected chi connectivity index (χ4v) is 6.54. The van der Waals surface area contributed by atoms with Gasteiger partial charge in [-0.3, -0.25) is 24.0 Å². The maximum absolute atomic E-state index is 13.8. The molecule has 2 heterocycles. The van der Waals surface area contributed by atoms with Gasteiger partial charge in [-0.15, -0.1) is 0 Å². The molecule has 2 saturated carbocycles. The van der Waals surface area contributed by atoms with E-state index in [1.165, 1.54) is 12.4 Å². The van der Waals surface area contributed by atoms with Crippen LogP contribution in [0.2, 0.25) is 10.0 Å². The predicted molar refractivity (Wildman–Crippen MR) is 141 cm³/mol. The zero-order valence-electron chi connectivity index (χ0n) is 21.8. The number of amides is 1. The molecule has 2 aliphatic carbocycles. The number of carbonyl (C=O) groups excluding carboxylic acids is 2. The smallest absolute Gasteiger partial charge is 0.309 e. The van der Waals surface area contributed by atoms with Crippen molar-refractivity contribution in [1.82, 2.24) is 19.7 Å². The van der Waals surface area contributed by atoms with Crippen molar-refractivity contribution in [2.24, 2.45) is 16.7 Å². The average molecular weight is 549 g/mol. The molecule has 1 amide bonds. The molecule has 2 aliphatic rings. The number of ketones is 1. The zero-order chi connectivity index (χ0) is 27.1. The summed E-state index contributed by atoms with van der Waals surface area (Å²) in [6, 6.07) is 0.0333. The Morgan fingerprint density at radius 3 is 2.22 bits per heavy atom. The number of Topliss-reactive ketones (excluding diaryl/α,β-unsaturated/α-hetero) is 1. The molecule has 1 N–H and O–H groups in total. The highest BCUT2D eigenvalue weighted by Crippen LogP contribution is 2.45. The highest BCUT2D eigenvalue weighted by atomic mass is 35.5. The number of hydrogen-bond acceptors (Lipinski definition) is 5. The minimum Gasteiger partial charge on any atom is -0.481 e. The Labute approximate surface area is 227 Å². The van der Waals surface area contributed by atoms with Gasteiger partial charge in [-0.2, -0.15) is 5.10 Å². The van der Waals surface area contributed by atoms with Crippen LogP contribution in [0, 0.1) is 23.7 Å². The van der Waals surface area contributed by atoms with Crippen molar-refractivity contribution in [3.63, 3.8) is 0 Å². The molecule has 8 nitrogen and oxygen atoms in total. The van der Waals surface area contributed by atoms with Crippen molar-refractivity contribution in [1.29, 1.82) is 0 Å². The van der Waals surface area contributed by atoms with E-state index in [1.54, 1.807) is 18.0 Å². The van der Waals surface area contributed by atoms with E-state index in [0.717, 1.165) is 18.5 Å². The third-order valence-electron chi connectivity index (χ3n) is 8.11. The van der Waals surface area contributed by atoms with E-state index in [2.05, 4.69) is 23.9 Å². The summed E-state index contributed by atoms with van der Waals surface area (Å²) in [4.78, 5) is 44.2. The molecule has 2 aromatic rings. The Hall–Kier alpha value is -2.45. The lowest BCUT2D eigenvalue weighted by molar-refractivity contribution is -0.150. The lowest BCUT2D eigenvalue weighted by atomic mass is 9.64. The van der Waals surface area contributed by atoms with Gasteiger partial charge in [0.1, 0.15) is 0 Å². The molecule has 37 heavy (non-hydrogen) atoms. The standard InChI is InChI=1S/C27H34Cl2N4O4/c1-16-19(11-31-33(16)18-5-7-27(4,8-6-18)25(36)37)24(35)32(14-17-9-26(2,3)10-17)15-22(34)23-20(28)12-30-13-21(23)29/h11-13,17-18H,5-10,14-15H2,1-4H3,(H,36,37). The number of aliphatic carboxylic acids is 1. The topological polar surface area (TPSA) is 105 Å². The molecule has 0 aromatic carbocycles. The zero-order valence-corrected chi connectivity index (χ0v) is 23.3. The van der Waals surface area contributed by atoms with Crippen LogP contribution in [0.25, 0.3) is 0 Å². The summed E-state index contributed by atoms with van der Waals surface area (Å²) in [5.74, 6) is -1.06. The number of pyridine rings is 1. The van der Waals surface area contributed by atoms with Crippen LogP contribution in [0.4, 0.5) is 0 Å². The molecule has 2 fully saturated rings. The lowest BCUT2D eigenvalue weighted by Gasteiger charge is -2.44. The Kier molecular flexibility index (Phi) is 7.73. The van der Waals surface area contributed by atoms with Crippen LogP contribution in [0.1, 0.15) is 91.7 Å². The highest BCUT2D eigenvalue weighted by Gasteiger charge is 2.40. The molecule has 0 radical (unpaired) electrons. The first-order valence-electron chi connectivity index (χ1n) is 12.7. The number of carboxylic acids is 1. The van der Waals surface area contributed by atoms with Gasteiger partial charge >= 0.3 is 5.97 Å². The van der Waals surface area contributed by atoms with Gasteiger partial charge in [0.15, 0.2) is 5.78 Å². The maximum atomic E-state index is 13.8. The molecule has 0 unspecified atom stereocenters. The number of hydrogen-bond donors (Lipinski definition) is 1. The molecule has 200 valence electrons. The van der Waals surface area contributed by atoms with E-state index in [4.69, 9.17) is 23.2 Å². The minimum atomic E-state index is -0.770. The molecule has 0 spiro atoms. The van der Waals surface area contributed by atoms with Gasteiger partial charge < -0.3 is 10.0 Å². The first kappa shape index (κ1) is 27.6. The number of rotatable bonds is 8. The molecular formula is C27H34Cl2N4O4. The molecular weight excluding hydrogens is 515 g/mol. The van der Waals surface area contributed by atoms with E-state index < -0.39 is 11.4 Å². The van der Waals surface area contributed by atoms with Crippen molar-refractivity contribution in [3.8, 4) is 0 Å². The van der Waals surface area contributed by atoms with Crippen LogP contribution >= 0.6 is 23.2 Å². The maximum Gasteiger partial charge on any atom is 0.309 e. The van der Waals surface area contributed by atoms with E-state index in [1.807, 2.05) is 11.6 Å². The van der Waals surface area contributed by atoms with Gasteiger partial charge in [0.05, 0.1) is 45.4 Å². The van der Waals surface area contributed by atoms with Crippen molar-refractivity contribution in [2.75, 3.05) is 13.1 Å². The summed E-state index contributed by atoms with van der Waals surface area (Å²) in [7, 11) is 0. The summed E-state index contributed by atoms with van der Waals surface area (Å²) in [5, 5.41) is 14.4. The van der Waals surface area contributed by atoms with Crippen molar-refractivity contribution < 1.29 is 19.5 Å². The summed E-state index contributed by atoms with van der Waals surface area (Å²) in [5.41, 5.74) is 0.846. The van der Waals surface area contributed by atoms with Gasteiger partial charge in [0.25, 0.3) is 5.91 Å². The number of nitrogens with zero attached hydrogens (tertiary/aromatic N) is 4. The Bertz CT molecular complexity index is 1190. The molecule has 10 heteroatoms. The number of aromatic nitrogens is 3. The predicted octanol–water partition coefficient (Wildman–Crippen LogP) is 5.86. The SMILES string of the molecule is Cc1c(C(=O)N(CC(=O)c2c(Cl)cncc2Cl)CC2CC(C)(C)C2)cnn1C1CCC(C)(C(=O)O)CC1. The van der Waals surface area contributed by atoms with Crippen LogP contribution in [-0.4, -0.2) is 55.5 Å². The minimum absolute atomic E-state index is 0.0333. The number of carbonyl (C=O) groups is 3. The van der Waals surface area contributed by atoms with Crippen LogP contribution < -0.4 is 0 Å². The second kappa shape index (κ2) is 10.4. The summed E-state index contributed by atoms with van der Waals surface area (Å²) in [6.45, 7) is 8.35. The Balaban J connectivity index is 1.55. The van der Waals surface area contributed by atoms with Gasteiger partial charge in [0.2, 0.25) is 0 Å². The summed E-state index contributed by atoms with van der Waals surface area (Å²) >= 11 is 12.4. The Morgan fingerprint density at radius 1 is 1.08 bits per heavy atom. The molecule has 0 atom stereocenters. The van der Waals surface area contributed by atoms with Crippen LogP contribution in [0.5, 0.6) is 0 Å². The van der Waals surface area contributed by atoms with Crippen LogP contribution in [-0.2, 0) is 4.79 Å². The summed E-state index contributed by atoms with van der Waals surface area (Å²) in [6.07, 6.45) is 8.73. The van der Waals surface area contributed by atoms with Crippen molar-refractivity contribution in [3.05, 3.63) is 45.5 Å². The van der Waals surface area contributed by atoms with E-state index in [9.17, 15) is 19.5 Å². The molecule has 0 saturated heterocycles. The molecule has 2 aromatic heterocycles. The normalized spacial score (nSPS) is 23.4. The molecule has 4 rings (SSSR count). The van der Waals surface area contributed by atoms with E-state index >= 15 is 0 Å². The first-order valence-corrected chi connectivity index (χ1v) is 13.5. The number of halogens is 2. The largest absolute Gasteiger partial charge is 0.481 e. The monoisotopic (exact) mass is 548 g/mol. The average Bonchev–Trinajstić information content (AvgIpc) is 3.18. The summed E-state index contributed by atoms with van der Waals surface area (Å²) < 4.78 is 1.84. The van der Waals surface area contributed by atoms with E-state index in [0.29, 0.717) is 43.7 Å². The van der Waals surface area contributed by atoms with E-state index in [-0.39, 0.29) is 45.3 Å². The lowest BCUT2D eigenvalue weighted by Crippen LogP contribution is -2.44. The third kappa shape index (κ3) is 5.70. The quantitative estimate of drug-likeness (QED) is 0.414. The molecule has 0 bridgehead atoms. The van der Waals surface area contributed by atoms with Gasteiger partial charge in [0, 0.05) is 24.6 Å². The van der Waals surface area contributed by atoms with Crippen LogP contribution in [0.15, 0.2) is 18.6 Å². The fraction of sp³-hybridized carbons (Fsp3) is 0.593. The van der Waals surface area contributed by atoms with Crippen LogP contribution in [0.3, 0.4) is 0 Å². The number of carboxylic acid groups (broad SMARTS) is 1. The Morgan fingerprint density at radius 2 is 1.68 bits per heavy atom. The van der Waals surface area contributed by atoms with Crippen molar-refractivity contribution >= 4 is 40.9 Å². The second-order valence-corrected chi connectivity index (χ2v) is 12.5. The third-order valence-corrected chi connectivity index (χ3v) is 8.68.